The first-order valence-corrected chi connectivity index (χ1v) is 7.65. The van der Waals surface area contributed by atoms with Crippen molar-refractivity contribution in [3.63, 3.8) is 0 Å². The van der Waals surface area contributed by atoms with Crippen molar-refractivity contribution in [1.82, 2.24) is 4.90 Å². The van der Waals surface area contributed by atoms with E-state index in [0.29, 0.717) is 12.3 Å². The lowest BCUT2D eigenvalue weighted by Gasteiger charge is -2.28. The van der Waals surface area contributed by atoms with E-state index in [1.807, 2.05) is 26.1 Å². The molecule has 0 saturated carbocycles. The summed E-state index contributed by atoms with van der Waals surface area (Å²) in [5.41, 5.74) is 1.29. The first kappa shape index (κ1) is 17.5. The van der Waals surface area contributed by atoms with Gasteiger partial charge in [0.15, 0.2) is 0 Å². The Hall–Kier alpha value is -1.51. The Bertz CT molecular complexity index is 459. The highest BCUT2D eigenvalue weighted by Gasteiger charge is 2.22. The largest absolute Gasteiger partial charge is 0.508 e. The zero-order valence-electron chi connectivity index (χ0n) is 14.2. The summed E-state index contributed by atoms with van der Waals surface area (Å²) in [6, 6.07) is 7.06. The molecule has 118 valence electrons. The van der Waals surface area contributed by atoms with E-state index in [-0.39, 0.29) is 23.1 Å². The molecule has 21 heavy (non-hydrogen) atoms. The van der Waals surface area contributed by atoms with Crippen molar-refractivity contribution in [1.29, 1.82) is 0 Å². The van der Waals surface area contributed by atoms with Crippen LogP contribution in [0.25, 0.3) is 0 Å². The average Bonchev–Trinajstić information content (AvgIpc) is 2.35. The molecule has 1 amide bonds. The van der Waals surface area contributed by atoms with Gasteiger partial charge < -0.3 is 10.0 Å². The van der Waals surface area contributed by atoms with Crippen molar-refractivity contribution >= 4 is 5.91 Å². The van der Waals surface area contributed by atoms with Crippen LogP contribution in [0.15, 0.2) is 24.3 Å². The molecule has 3 heteroatoms. The van der Waals surface area contributed by atoms with E-state index in [4.69, 9.17) is 0 Å². The highest BCUT2D eigenvalue weighted by Crippen LogP contribution is 2.28. The minimum absolute atomic E-state index is 0.0138. The number of hydrogen-bond acceptors (Lipinski definition) is 2. The number of hydrogen-bond donors (Lipinski definition) is 1. The lowest BCUT2D eigenvalue weighted by atomic mass is 9.84. The number of amides is 1. The van der Waals surface area contributed by atoms with Gasteiger partial charge in [-0.2, -0.15) is 0 Å². The fourth-order valence-electron chi connectivity index (χ4n) is 2.75. The zero-order valence-corrected chi connectivity index (χ0v) is 14.2. The van der Waals surface area contributed by atoms with Crippen LogP contribution in [0.2, 0.25) is 0 Å². The Morgan fingerprint density at radius 2 is 1.71 bits per heavy atom. The summed E-state index contributed by atoms with van der Waals surface area (Å²) in [6.07, 6.45) is 1.62. The number of aromatic hydroxyl groups is 1. The standard InChI is InChI=1S/C18H29NO2/c1-13(12-18(3,4)5)11-17(21)19(6)14(2)15-7-9-16(20)10-8-15/h7-10,13-14,20H,11-12H2,1-6H3. The van der Waals surface area contributed by atoms with E-state index in [2.05, 4.69) is 27.7 Å². The van der Waals surface area contributed by atoms with Gasteiger partial charge in [-0.1, -0.05) is 39.8 Å². The summed E-state index contributed by atoms with van der Waals surface area (Å²) >= 11 is 0. The van der Waals surface area contributed by atoms with E-state index >= 15 is 0 Å². The number of carbonyl (C=O) groups is 1. The smallest absolute Gasteiger partial charge is 0.223 e. The molecule has 1 N–H and O–H groups in total. The fraction of sp³-hybridized carbons (Fsp3) is 0.611. The van der Waals surface area contributed by atoms with E-state index in [9.17, 15) is 9.90 Å². The van der Waals surface area contributed by atoms with Gasteiger partial charge in [0.25, 0.3) is 0 Å². The van der Waals surface area contributed by atoms with E-state index < -0.39 is 0 Å². The maximum absolute atomic E-state index is 12.4. The highest BCUT2D eigenvalue weighted by molar-refractivity contribution is 5.76. The zero-order chi connectivity index (χ0) is 16.2. The number of rotatable bonds is 5. The summed E-state index contributed by atoms with van der Waals surface area (Å²) in [7, 11) is 1.85. The van der Waals surface area contributed by atoms with Crippen molar-refractivity contribution in [2.24, 2.45) is 11.3 Å². The molecule has 0 radical (unpaired) electrons. The summed E-state index contributed by atoms with van der Waals surface area (Å²) < 4.78 is 0. The van der Waals surface area contributed by atoms with Crippen molar-refractivity contribution in [2.45, 2.75) is 53.5 Å². The summed E-state index contributed by atoms with van der Waals surface area (Å²) in [5, 5.41) is 9.33. The van der Waals surface area contributed by atoms with E-state index in [1.54, 1.807) is 17.0 Å². The lowest BCUT2D eigenvalue weighted by molar-refractivity contribution is -0.132. The Labute approximate surface area is 129 Å². The minimum atomic E-state index is 0.0138. The number of benzene rings is 1. The highest BCUT2D eigenvalue weighted by atomic mass is 16.3. The Morgan fingerprint density at radius 1 is 1.19 bits per heavy atom. The van der Waals surface area contributed by atoms with Crippen LogP contribution in [0.3, 0.4) is 0 Å². The third-order valence-corrected chi connectivity index (χ3v) is 3.83. The van der Waals surface area contributed by atoms with Gasteiger partial charge in [0.2, 0.25) is 5.91 Å². The van der Waals surface area contributed by atoms with Crippen molar-refractivity contribution in [3.8, 4) is 5.75 Å². The normalized spacial score (nSPS) is 14.6. The molecule has 0 heterocycles. The maximum Gasteiger partial charge on any atom is 0.223 e. The lowest BCUT2D eigenvalue weighted by Crippen LogP contribution is -2.31. The van der Waals surface area contributed by atoms with Crippen molar-refractivity contribution in [3.05, 3.63) is 29.8 Å². The third kappa shape index (κ3) is 5.78. The summed E-state index contributed by atoms with van der Waals surface area (Å²) in [6.45, 7) is 10.8. The summed E-state index contributed by atoms with van der Waals surface area (Å²) in [5.74, 6) is 0.804. The monoisotopic (exact) mass is 291 g/mol. The van der Waals surface area contributed by atoms with Crippen LogP contribution in [-0.2, 0) is 4.79 Å². The molecular formula is C18H29NO2. The first-order valence-electron chi connectivity index (χ1n) is 7.65. The Balaban J connectivity index is 2.63. The van der Waals surface area contributed by atoms with Gasteiger partial charge in [-0.15, -0.1) is 0 Å². The molecule has 1 aromatic carbocycles. The van der Waals surface area contributed by atoms with Gasteiger partial charge in [0.1, 0.15) is 5.75 Å². The molecule has 0 aromatic heterocycles. The van der Waals surface area contributed by atoms with Crippen LogP contribution in [0.1, 0.15) is 59.1 Å². The second-order valence-corrected chi connectivity index (χ2v) is 7.35. The molecule has 0 aliphatic heterocycles. The Morgan fingerprint density at radius 3 is 2.19 bits per heavy atom. The molecule has 2 atom stereocenters. The molecule has 0 saturated heterocycles. The molecule has 0 aliphatic rings. The van der Waals surface area contributed by atoms with Gasteiger partial charge in [0, 0.05) is 13.5 Å². The van der Waals surface area contributed by atoms with Crippen LogP contribution in [-0.4, -0.2) is 23.0 Å². The predicted octanol–water partition coefficient (Wildman–Crippen LogP) is 4.37. The predicted molar refractivity (Wildman–Crippen MR) is 87.1 cm³/mol. The Kier molecular flexibility index (Phi) is 5.82. The van der Waals surface area contributed by atoms with E-state index in [0.717, 1.165) is 12.0 Å². The average molecular weight is 291 g/mol. The molecule has 0 spiro atoms. The topological polar surface area (TPSA) is 40.5 Å². The third-order valence-electron chi connectivity index (χ3n) is 3.83. The minimum Gasteiger partial charge on any atom is -0.508 e. The molecule has 0 fully saturated rings. The summed E-state index contributed by atoms with van der Waals surface area (Å²) in [4.78, 5) is 14.2. The van der Waals surface area contributed by atoms with Gasteiger partial charge in [-0.05, 0) is 42.4 Å². The van der Waals surface area contributed by atoms with E-state index in [1.165, 1.54) is 0 Å². The quantitative estimate of drug-likeness (QED) is 0.875. The van der Waals surface area contributed by atoms with Gasteiger partial charge >= 0.3 is 0 Å². The van der Waals surface area contributed by atoms with Gasteiger partial charge in [-0.25, -0.2) is 0 Å². The number of phenolic OH excluding ortho intramolecular Hbond substituents is 1. The first-order chi connectivity index (χ1) is 9.60. The maximum atomic E-state index is 12.4. The molecule has 1 aromatic rings. The van der Waals surface area contributed by atoms with Crippen LogP contribution >= 0.6 is 0 Å². The van der Waals surface area contributed by atoms with Gasteiger partial charge in [-0.3, -0.25) is 4.79 Å². The van der Waals surface area contributed by atoms with Crippen LogP contribution < -0.4 is 0 Å². The fourth-order valence-corrected chi connectivity index (χ4v) is 2.75. The van der Waals surface area contributed by atoms with Gasteiger partial charge in [0.05, 0.1) is 6.04 Å². The van der Waals surface area contributed by atoms with Crippen molar-refractivity contribution in [2.75, 3.05) is 7.05 Å². The molecule has 2 unspecified atom stereocenters. The molecule has 0 bridgehead atoms. The second kappa shape index (κ2) is 6.97. The molecule has 1 rings (SSSR count). The number of phenols is 1. The van der Waals surface area contributed by atoms with Crippen LogP contribution in [0.4, 0.5) is 0 Å². The molecule has 3 nitrogen and oxygen atoms in total. The molecular weight excluding hydrogens is 262 g/mol. The van der Waals surface area contributed by atoms with Crippen LogP contribution in [0, 0.1) is 11.3 Å². The van der Waals surface area contributed by atoms with Crippen molar-refractivity contribution < 1.29 is 9.90 Å². The number of carbonyl (C=O) groups excluding carboxylic acids is 1. The second-order valence-electron chi connectivity index (χ2n) is 7.35. The molecule has 0 aliphatic carbocycles. The SMILES string of the molecule is CC(CC(=O)N(C)C(C)c1ccc(O)cc1)CC(C)(C)C. The number of nitrogens with zero attached hydrogens (tertiary/aromatic N) is 1. The van der Waals surface area contributed by atoms with Crippen LogP contribution in [0.5, 0.6) is 5.75 Å².